The van der Waals surface area contributed by atoms with Gasteiger partial charge in [-0.2, -0.15) is 0 Å². The number of benzene rings is 1. The molecular weight excluding hydrogens is 179 g/mol. The minimum absolute atomic E-state index is 0.446. The fourth-order valence-corrected chi connectivity index (χ4v) is 1.53. The largest absolute Gasteiger partial charge is 0.488 e. The average molecular weight is 190 g/mol. The third-order valence-electron chi connectivity index (χ3n) is 2.32. The molecule has 1 aliphatic heterocycles. The Hall–Kier alpha value is -1.33. The van der Waals surface area contributed by atoms with Crippen LogP contribution in [0.5, 0.6) is 0 Å². The second kappa shape index (κ2) is 3.44. The highest BCUT2D eigenvalue weighted by Gasteiger charge is 2.15. The molecule has 72 valence electrons. The van der Waals surface area contributed by atoms with Crippen LogP contribution in [-0.4, -0.2) is 23.0 Å². The van der Waals surface area contributed by atoms with Crippen molar-refractivity contribution >= 4 is 24.1 Å². The number of hydrogen-bond donors (Lipinski definition) is 3. The minimum Gasteiger partial charge on any atom is -0.423 e. The summed E-state index contributed by atoms with van der Waals surface area (Å²) >= 11 is 0. The first kappa shape index (κ1) is 9.24. The molecule has 1 aromatic rings. The van der Waals surface area contributed by atoms with Gasteiger partial charge in [-0.3, -0.25) is 0 Å². The van der Waals surface area contributed by atoms with Crippen molar-refractivity contribution < 1.29 is 10.0 Å². The number of rotatable bonds is 1. The number of amidine groups is 1. The number of aryl methyl sites for hydroxylation is 1. The molecule has 5 heteroatoms. The molecule has 14 heavy (non-hydrogen) atoms. The standard InChI is InChI=1S/C9H11BN2O2/c11-9-4-2-6-1-3-7(10(13)14)5-8(6)12-9/h1,3,5,13-14H,2,4H2,(H2,11,12). The van der Waals surface area contributed by atoms with E-state index in [9.17, 15) is 0 Å². The van der Waals surface area contributed by atoms with Crippen LogP contribution in [0.4, 0.5) is 5.69 Å². The molecule has 0 spiro atoms. The zero-order valence-corrected chi connectivity index (χ0v) is 7.64. The van der Waals surface area contributed by atoms with Crippen LogP contribution < -0.4 is 11.2 Å². The normalized spacial score (nSPS) is 14.6. The molecule has 0 radical (unpaired) electrons. The highest BCUT2D eigenvalue weighted by atomic mass is 16.4. The summed E-state index contributed by atoms with van der Waals surface area (Å²) in [6, 6.07) is 5.21. The zero-order valence-electron chi connectivity index (χ0n) is 7.64. The zero-order chi connectivity index (χ0) is 10.1. The van der Waals surface area contributed by atoms with Gasteiger partial charge in [0, 0.05) is 6.42 Å². The first-order chi connectivity index (χ1) is 6.66. The predicted molar refractivity (Wildman–Crippen MR) is 55.9 cm³/mol. The molecule has 0 saturated carbocycles. The number of nitrogens with zero attached hydrogens (tertiary/aromatic N) is 1. The topological polar surface area (TPSA) is 78.8 Å². The molecule has 0 unspecified atom stereocenters. The lowest BCUT2D eigenvalue weighted by Gasteiger charge is -2.13. The number of nitrogens with two attached hydrogens (primary N) is 1. The monoisotopic (exact) mass is 190 g/mol. The van der Waals surface area contributed by atoms with Gasteiger partial charge in [0.25, 0.3) is 0 Å². The van der Waals surface area contributed by atoms with Crippen LogP contribution in [0, 0.1) is 0 Å². The van der Waals surface area contributed by atoms with Crippen molar-refractivity contribution in [3.05, 3.63) is 23.8 Å². The van der Waals surface area contributed by atoms with Gasteiger partial charge in [0.1, 0.15) is 0 Å². The Morgan fingerprint density at radius 3 is 2.79 bits per heavy atom. The van der Waals surface area contributed by atoms with Crippen LogP contribution in [0.15, 0.2) is 23.2 Å². The molecule has 4 nitrogen and oxygen atoms in total. The van der Waals surface area contributed by atoms with E-state index >= 15 is 0 Å². The summed E-state index contributed by atoms with van der Waals surface area (Å²) in [7, 11) is -1.45. The van der Waals surface area contributed by atoms with Crippen molar-refractivity contribution in [2.24, 2.45) is 10.7 Å². The first-order valence-corrected chi connectivity index (χ1v) is 4.49. The van der Waals surface area contributed by atoms with Crippen LogP contribution in [0.1, 0.15) is 12.0 Å². The Morgan fingerprint density at radius 2 is 2.07 bits per heavy atom. The van der Waals surface area contributed by atoms with Gasteiger partial charge in [-0.05, 0) is 23.5 Å². The van der Waals surface area contributed by atoms with E-state index in [1.165, 1.54) is 0 Å². The maximum Gasteiger partial charge on any atom is 0.488 e. The molecular formula is C9H11BN2O2. The third-order valence-corrected chi connectivity index (χ3v) is 2.32. The second-order valence-corrected chi connectivity index (χ2v) is 3.36. The van der Waals surface area contributed by atoms with Crippen molar-refractivity contribution in [3.63, 3.8) is 0 Å². The first-order valence-electron chi connectivity index (χ1n) is 4.49. The summed E-state index contributed by atoms with van der Waals surface area (Å²) in [6.45, 7) is 0. The van der Waals surface area contributed by atoms with Gasteiger partial charge in [-0.25, -0.2) is 4.99 Å². The van der Waals surface area contributed by atoms with Crippen LogP contribution in [0.2, 0.25) is 0 Å². The quantitative estimate of drug-likeness (QED) is 0.512. The highest BCUT2D eigenvalue weighted by molar-refractivity contribution is 6.58. The van der Waals surface area contributed by atoms with Gasteiger partial charge < -0.3 is 15.8 Å². The van der Waals surface area contributed by atoms with E-state index in [1.807, 2.05) is 6.07 Å². The number of hydrogen-bond acceptors (Lipinski definition) is 4. The van der Waals surface area contributed by atoms with Crippen molar-refractivity contribution in [3.8, 4) is 0 Å². The van der Waals surface area contributed by atoms with E-state index in [-0.39, 0.29) is 0 Å². The highest BCUT2D eigenvalue weighted by Crippen LogP contribution is 2.23. The summed E-state index contributed by atoms with van der Waals surface area (Å²) in [5.41, 5.74) is 7.90. The molecule has 2 rings (SSSR count). The van der Waals surface area contributed by atoms with Crippen molar-refractivity contribution in [1.29, 1.82) is 0 Å². The Labute approximate surface area is 82.2 Å². The van der Waals surface area contributed by atoms with Crippen LogP contribution in [0.25, 0.3) is 0 Å². The lowest BCUT2D eigenvalue weighted by Crippen LogP contribution is -2.30. The Bertz CT molecular complexity index is 390. The van der Waals surface area contributed by atoms with Gasteiger partial charge in [-0.15, -0.1) is 0 Å². The van der Waals surface area contributed by atoms with Gasteiger partial charge in [0.2, 0.25) is 0 Å². The van der Waals surface area contributed by atoms with Gasteiger partial charge >= 0.3 is 7.12 Å². The predicted octanol–water partition coefficient (Wildman–Crippen LogP) is -0.699. The summed E-state index contributed by atoms with van der Waals surface area (Å²) in [4.78, 5) is 4.16. The van der Waals surface area contributed by atoms with Crippen molar-refractivity contribution in [2.45, 2.75) is 12.8 Å². The molecule has 0 bridgehead atoms. The molecule has 0 saturated heterocycles. The van der Waals surface area contributed by atoms with Crippen LogP contribution in [-0.2, 0) is 6.42 Å². The smallest absolute Gasteiger partial charge is 0.423 e. The van der Waals surface area contributed by atoms with E-state index in [2.05, 4.69) is 4.99 Å². The van der Waals surface area contributed by atoms with Gasteiger partial charge in [-0.1, -0.05) is 12.1 Å². The van der Waals surface area contributed by atoms with Gasteiger partial charge in [0.15, 0.2) is 0 Å². The van der Waals surface area contributed by atoms with Gasteiger partial charge in [0.05, 0.1) is 11.5 Å². The third kappa shape index (κ3) is 1.64. The summed E-state index contributed by atoms with van der Waals surface area (Å²) in [5.74, 6) is 0.599. The van der Waals surface area contributed by atoms with E-state index in [4.69, 9.17) is 15.8 Å². The molecule has 0 aliphatic carbocycles. The molecule has 4 N–H and O–H groups in total. The molecule has 0 amide bonds. The summed E-state index contributed by atoms with van der Waals surface area (Å²) < 4.78 is 0. The summed E-state index contributed by atoms with van der Waals surface area (Å²) in [6.07, 6.45) is 1.64. The number of fused-ring (bicyclic) bond motifs is 1. The van der Waals surface area contributed by atoms with Crippen LogP contribution >= 0.6 is 0 Å². The molecule has 1 heterocycles. The Balaban J connectivity index is 2.44. The second-order valence-electron chi connectivity index (χ2n) is 3.36. The Kier molecular flexibility index (Phi) is 2.27. The summed E-state index contributed by atoms with van der Waals surface area (Å²) in [5, 5.41) is 17.9. The molecule has 1 aromatic carbocycles. The van der Waals surface area contributed by atoms with Crippen molar-refractivity contribution in [2.75, 3.05) is 0 Å². The molecule has 0 fully saturated rings. The fraction of sp³-hybridized carbons (Fsp3) is 0.222. The minimum atomic E-state index is -1.45. The van der Waals surface area contributed by atoms with E-state index in [0.29, 0.717) is 11.3 Å². The molecule has 0 atom stereocenters. The maximum absolute atomic E-state index is 8.97. The Morgan fingerprint density at radius 1 is 1.29 bits per heavy atom. The lowest BCUT2D eigenvalue weighted by atomic mass is 9.79. The molecule has 1 aliphatic rings. The lowest BCUT2D eigenvalue weighted by molar-refractivity contribution is 0.426. The average Bonchev–Trinajstić information content (AvgIpc) is 2.16. The van der Waals surface area contributed by atoms with Crippen LogP contribution in [0.3, 0.4) is 0 Å². The number of aliphatic imine (C=N–C) groups is 1. The van der Waals surface area contributed by atoms with E-state index < -0.39 is 7.12 Å². The van der Waals surface area contributed by atoms with Crippen molar-refractivity contribution in [1.82, 2.24) is 0 Å². The van der Waals surface area contributed by atoms with E-state index in [0.717, 1.165) is 24.1 Å². The fourth-order valence-electron chi connectivity index (χ4n) is 1.53. The van der Waals surface area contributed by atoms with E-state index in [1.54, 1.807) is 12.1 Å². The SMILES string of the molecule is NC1=Nc2cc(B(O)O)ccc2CC1. The molecule has 0 aromatic heterocycles. The maximum atomic E-state index is 8.97.